The van der Waals surface area contributed by atoms with E-state index in [9.17, 15) is 9.59 Å². The predicted molar refractivity (Wildman–Crippen MR) is 106 cm³/mol. The third kappa shape index (κ3) is 3.09. The number of rotatable bonds is 5. The molecule has 2 aliphatic rings. The highest BCUT2D eigenvalue weighted by atomic mass is 16.5. The zero-order valence-corrected chi connectivity index (χ0v) is 16.2. The molecule has 146 valence electrons. The quantitative estimate of drug-likeness (QED) is 0.743. The van der Waals surface area contributed by atoms with E-state index in [2.05, 4.69) is 4.90 Å². The lowest BCUT2D eigenvalue weighted by Crippen LogP contribution is -2.32. The summed E-state index contributed by atoms with van der Waals surface area (Å²) in [7, 11) is 3.14. The fourth-order valence-corrected chi connectivity index (χ4v) is 4.02. The van der Waals surface area contributed by atoms with E-state index < -0.39 is 0 Å². The van der Waals surface area contributed by atoms with Crippen LogP contribution in [0.3, 0.4) is 0 Å². The summed E-state index contributed by atoms with van der Waals surface area (Å²) < 4.78 is 10.6. The molecule has 0 spiro atoms. The Balaban J connectivity index is 1.64. The molecule has 0 N–H and O–H groups in total. The molecular weight excluding hydrogens is 356 g/mol. The zero-order chi connectivity index (χ0) is 19.7. The van der Waals surface area contributed by atoms with Crippen LogP contribution in [0.15, 0.2) is 36.4 Å². The average molecular weight is 380 g/mol. The Morgan fingerprint density at radius 2 is 1.64 bits per heavy atom. The summed E-state index contributed by atoms with van der Waals surface area (Å²) in [5, 5.41) is 0. The minimum atomic E-state index is -0.242. The van der Waals surface area contributed by atoms with Gasteiger partial charge in [-0.2, -0.15) is 0 Å². The molecule has 0 saturated carbocycles. The SMILES string of the molecule is COc1ccc(CN2C(=O)c3cccc(N4CCCCC4)c3C2=O)cc1OC. The molecule has 6 nitrogen and oxygen atoms in total. The van der Waals surface area contributed by atoms with Crippen LogP contribution >= 0.6 is 0 Å². The Labute approximate surface area is 164 Å². The summed E-state index contributed by atoms with van der Waals surface area (Å²) in [6.45, 7) is 2.05. The number of anilines is 1. The van der Waals surface area contributed by atoms with Crippen molar-refractivity contribution in [3.05, 3.63) is 53.1 Å². The zero-order valence-electron chi connectivity index (χ0n) is 16.2. The average Bonchev–Trinajstić information content (AvgIpc) is 2.99. The third-order valence-electron chi connectivity index (χ3n) is 5.46. The van der Waals surface area contributed by atoms with Crippen molar-refractivity contribution in [1.29, 1.82) is 0 Å². The Hall–Kier alpha value is -3.02. The molecule has 0 atom stereocenters. The van der Waals surface area contributed by atoms with Crippen molar-refractivity contribution in [2.75, 3.05) is 32.2 Å². The van der Waals surface area contributed by atoms with Gasteiger partial charge in [0.1, 0.15) is 0 Å². The van der Waals surface area contributed by atoms with Crippen LogP contribution in [0.5, 0.6) is 11.5 Å². The second-order valence-corrected chi connectivity index (χ2v) is 7.13. The van der Waals surface area contributed by atoms with Gasteiger partial charge in [-0.05, 0) is 49.1 Å². The number of imide groups is 1. The van der Waals surface area contributed by atoms with E-state index in [1.807, 2.05) is 18.2 Å². The van der Waals surface area contributed by atoms with Crippen LogP contribution in [0.4, 0.5) is 5.69 Å². The summed E-state index contributed by atoms with van der Waals surface area (Å²) in [6, 6.07) is 11.0. The number of ether oxygens (including phenoxy) is 2. The van der Waals surface area contributed by atoms with Crippen LogP contribution < -0.4 is 14.4 Å². The van der Waals surface area contributed by atoms with Crippen LogP contribution in [0.2, 0.25) is 0 Å². The van der Waals surface area contributed by atoms with Crippen molar-refractivity contribution in [1.82, 2.24) is 4.90 Å². The maximum atomic E-state index is 13.2. The van der Waals surface area contributed by atoms with Crippen LogP contribution in [-0.2, 0) is 6.54 Å². The Bertz CT molecular complexity index is 919. The highest BCUT2D eigenvalue weighted by Gasteiger charge is 2.38. The van der Waals surface area contributed by atoms with E-state index in [0.29, 0.717) is 22.6 Å². The van der Waals surface area contributed by atoms with Crippen LogP contribution in [0.25, 0.3) is 0 Å². The molecule has 0 bridgehead atoms. The van der Waals surface area contributed by atoms with E-state index >= 15 is 0 Å². The highest BCUT2D eigenvalue weighted by Crippen LogP contribution is 2.35. The number of amides is 2. The summed E-state index contributed by atoms with van der Waals surface area (Å²) in [5.41, 5.74) is 2.72. The van der Waals surface area contributed by atoms with Crippen LogP contribution in [-0.4, -0.2) is 44.0 Å². The summed E-state index contributed by atoms with van der Waals surface area (Å²) >= 11 is 0. The molecule has 28 heavy (non-hydrogen) atoms. The van der Waals surface area contributed by atoms with Crippen LogP contribution in [0.1, 0.15) is 45.5 Å². The first-order valence-electron chi connectivity index (χ1n) is 9.59. The second-order valence-electron chi connectivity index (χ2n) is 7.13. The third-order valence-corrected chi connectivity index (χ3v) is 5.46. The lowest BCUT2D eigenvalue weighted by molar-refractivity contribution is 0.0642. The van der Waals surface area contributed by atoms with Gasteiger partial charge >= 0.3 is 0 Å². The van der Waals surface area contributed by atoms with E-state index in [1.54, 1.807) is 32.4 Å². The van der Waals surface area contributed by atoms with E-state index in [4.69, 9.17) is 9.47 Å². The molecule has 2 aromatic carbocycles. The Kier molecular flexibility index (Phi) is 4.94. The van der Waals surface area contributed by atoms with Gasteiger partial charge in [0.2, 0.25) is 0 Å². The highest BCUT2D eigenvalue weighted by molar-refractivity contribution is 6.23. The van der Waals surface area contributed by atoms with Gasteiger partial charge in [-0.3, -0.25) is 14.5 Å². The maximum absolute atomic E-state index is 13.2. The fraction of sp³-hybridized carbons (Fsp3) is 0.364. The monoisotopic (exact) mass is 380 g/mol. The molecule has 0 radical (unpaired) electrons. The van der Waals surface area contributed by atoms with Crippen molar-refractivity contribution < 1.29 is 19.1 Å². The number of nitrogens with zero attached hydrogens (tertiary/aromatic N) is 2. The van der Waals surface area contributed by atoms with E-state index in [-0.39, 0.29) is 18.4 Å². The molecule has 1 fully saturated rings. The molecule has 2 aromatic rings. The number of carbonyl (C=O) groups is 2. The molecule has 1 saturated heterocycles. The van der Waals surface area contributed by atoms with Gasteiger partial charge in [0, 0.05) is 13.1 Å². The number of hydrogen-bond donors (Lipinski definition) is 0. The standard InChI is InChI=1S/C22H24N2O4/c1-27-18-10-9-15(13-19(18)28-2)14-24-21(25)16-7-6-8-17(20(16)22(24)26)23-11-4-3-5-12-23/h6-10,13H,3-5,11-12,14H2,1-2H3. The Morgan fingerprint density at radius 1 is 0.893 bits per heavy atom. The van der Waals surface area contributed by atoms with Gasteiger partial charge in [0.25, 0.3) is 11.8 Å². The van der Waals surface area contributed by atoms with Gasteiger partial charge in [-0.15, -0.1) is 0 Å². The topological polar surface area (TPSA) is 59.1 Å². The summed E-state index contributed by atoms with van der Waals surface area (Å²) in [5.74, 6) is 0.719. The molecule has 2 amide bonds. The smallest absolute Gasteiger partial charge is 0.263 e. The first kappa shape index (κ1) is 18.3. The predicted octanol–water partition coefficient (Wildman–Crippen LogP) is 3.49. The van der Waals surface area contributed by atoms with Gasteiger partial charge in [-0.25, -0.2) is 0 Å². The Morgan fingerprint density at radius 3 is 2.36 bits per heavy atom. The normalized spacial score (nSPS) is 16.4. The lowest BCUT2D eigenvalue weighted by atomic mass is 10.0. The number of carbonyl (C=O) groups excluding carboxylic acids is 2. The molecule has 2 aliphatic heterocycles. The number of methoxy groups -OCH3 is 2. The van der Waals surface area contributed by atoms with Gasteiger partial charge in [0.05, 0.1) is 37.6 Å². The molecule has 0 aliphatic carbocycles. The number of fused-ring (bicyclic) bond motifs is 1. The molecule has 4 rings (SSSR count). The van der Waals surface area contributed by atoms with E-state index in [0.717, 1.165) is 37.2 Å². The van der Waals surface area contributed by atoms with Crippen molar-refractivity contribution in [2.45, 2.75) is 25.8 Å². The van der Waals surface area contributed by atoms with Crippen molar-refractivity contribution in [3.8, 4) is 11.5 Å². The van der Waals surface area contributed by atoms with Crippen molar-refractivity contribution in [2.24, 2.45) is 0 Å². The summed E-state index contributed by atoms with van der Waals surface area (Å²) in [6.07, 6.45) is 3.44. The van der Waals surface area contributed by atoms with Gasteiger partial charge < -0.3 is 14.4 Å². The minimum absolute atomic E-state index is 0.201. The van der Waals surface area contributed by atoms with Gasteiger partial charge in [0.15, 0.2) is 11.5 Å². The minimum Gasteiger partial charge on any atom is -0.493 e. The maximum Gasteiger partial charge on any atom is 0.263 e. The molecular formula is C22H24N2O4. The fourth-order valence-electron chi connectivity index (χ4n) is 4.02. The number of hydrogen-bond acceptors (Lipinski definition) is 5. The second kappa shape index (κ2) is 7.54. The summed E-state index contributed by atoms with van der Waals surface area (Å²) in [4.78, 5) is 29.7. The first-order valence-corrected chi connectivity index (χ1v) is 9.59. The van der Waals surface area contributed by atoms with Crippen molar-refractivity contribution >= 4 is 17.5 Å². The first-order chi connectivity index (χ1) is 13.6. The molecule has 0 aromatic heterocycles. The van der Waals surface area contributed by atoms with Gasteiger partial charge in [-0.1, -0.05) is 12.1 Å². The molecule has 2 heterocycles. The largest absolute Gasteiger partial charge is 0.493 e. The van der Waals surface area contributed by atoms with Crippen LogP contribution in [0, 0.1) is 0 Å². The lowest BCUT2D eigenvalue weighted by Gasteiger charge is -2.30. The van der Waals surface area contributed by atoms with Crippen molar-refractivity contribution in [3.63, 3.8) is 0 Å². The van der Waals surface area contributed by atoms with E-state index in [1.165, 1.54) is 11.3 Å². The molecule has 0 unspecified atom stereocenters. The number of piperidine rings is 1. The molecule has 6 heteroatoms. The number of benzene rings is 2.